The number of methoxy groups -OCH3 is 1. The van der Waals surface area contributed by atoms with Gasteiger partial charge >= 0.3 is 0 Å². The SMILES string of the molecule is CCOc1ccc(C2=C(C=Nc3ccccc3OC)[C@H](c3ccc(F)cc3)c3ccccc3O2)cc1. The number of para-hydroxylation sites is 3. The zero-order valence-corrected chi connectivity index (χ0v) is 20.1. The molecule has 0 saturated heterocycles. The standard InChI is InChI=1S/C31H26FNO3/c1-3-35-24-18-14-22(15-19-24)31-26(20-33-27-9-5-7-11-29(27)34-2)30(21-12-16-23(32)17-13-21)25-8-4-6-10-28(25)36-31/h4-20,30H,3H2,1-2H3/t30-/m1/s1. The van der Waals surface area contributed by atoms with Crippen molar-refractivity contribution < 1.29 is 18.6 Å². The summed E-state index contributed by atoms with van der Waals surface area (Å²) < 4.78 is 31.5. The molecule has 180 valence electrons. The van der Waals surface area contributed by atoms with Crippen molar-refractivity contribution in [3.05, 3.63) is 125 Å². The Kier molecular flexibility index (Phi) is 6.80. The highest BCUT2D eigenvalue weighted by Crippen LogP contribution is 2.45. The van der Waals surface area contributed by atoms with E-state index in [-0.39, 0.29) is 11.7 Å². The normalized spacial score (nSPS) is 14.9. The fraction of sp³-hybridized carbons (Fsp3) is 0.129. The third kappa shape index (κ3) is 4.73. The zero-order chi connectivity index (χ0) is 24.9. The van der Waals surface area contributed by atoms with E-state index < -0.39 is 0 Å². The lowest BCUT2D eigenvalue weighted by atomic mass is 9.81. The van der Waals surface area contributed by atoms with Crippen LogP contribution >= 0.6 is 0 Å². The number of hydrogen-bond donors (Lipinski definition) is 0. The first-order chi connectivity index (χ1) is 17.7. The summed E-state index contributed by atoms with van der Waals surface area (Å²) >= 11 is 0. The van der Waals surface area contributed by atoms with E-state index in [4.69, 9.17) is 19.2 Å². The van der Waals surface area contributed by atoms with Crippen LogP contribution in [-0.2, 0) is 0 Å². The van der Waals surface area contributed by atoms with Crippen LogP contribution in [0.3, 0.4) is 0 Å². The Hall–Kier alpha value is -4.38. The third-order valence-electron chi connectivity index (χ3n) is 6.07. The van der Waals surface area contributed by atoms with Gasteiger partial charge in [0.25, 0.3) is 0 Å². The van der Waals surface area contributed by atoms with Crippen LogP contribution in [0, 0.1) is 5.82 Å². The maximum absolute atomic E-state index is 13.9. The lowest BCUT2D eigenvalue weighted by Crippen LogP contribution is -2.17. The zero-order valence-electron chi connectivity index (χ0n) is 20.1. The monoisotopic (exact) mass is 479 g/mol. The van der Waals surface area contributed by atoms with Crippen molar-refractivity contribution in [2.75, 3.05) is 13.7 Å². The lowest BCUT2D eigenvalue weighted by molar-refractivity contribution is 0.340. The van der Waals surface area contributed by atoms with Gasteiger partial charge in [0.2, 0.25) is 0 Å². The molecule has 4 nitrogen and oxygen atoms in total. The molecule has 0 aromatic heterocycles. The Bertz CT molecular complexity index is 1410. The molecule has 4 aromatic rings. The first kappa shape index (κ1) is 23.4. The first-order valence-electron chi connectivity index (χ1n) is 11.8. The van der Waals surface area contributed by atoms with Crippen LogP contribution in [0.4, 0.5) is 10.1 Å². The summed E-state index contributed by atoms with van der Waals surface area (Å²) in [6.45, 7) is 2.55. The molecule has 0 fully saturated rings. The molecule has 0 radical (unpaired) electrons. The van der Waals surface area contributed by atoms with Crippen LogP contribution in [0.1, 0.15) is 29.5 Å². The van der Waals surface area contributed by atoms with Gasteiger partial charge in [-0.05, 0) is 67.1 Å². The second kappa shape index (κ2) is 10.5. The summed E-state index contributed by atoms with van der Waals surface area (Å²) in [5, 5.41) is 0. The van der Waals surface area contributed by atoms with E-state index in [1.54, 1.807) is 7.11 Å². The van der Waals surface area contributed by atoms with Crippen LogP contribution in [0.2, 0.25) is 0 Å². The molecule has 0 unspecified atom stereocenters. The molecule has 0 bridgehead atoms. The van der Waals surface area contributed by atoms with Crippen molar-refractivity contribution in [3.8, 4) is 17.2 Å². The van der Waals surface area contributed by atoms with Crippen molar-refractivity contribution in [2.24, 2.45) is 4.99 Å². The minimum atomic E-state index is -0.279. The third-order valence-corrected chi connectivity index (χ3v) is 6.07. The van der Waals surface area contributed by atoms with Crippen LogP contribution in [0.15, 0.2) is 108 Å². The second-order valence-corrected chi connectivity index (χ2v) is 8.30. The van der Waals surface area contributed by atoms with Gasteiger partial charge < -0.3 is 14.2 Å². The fourth-order valence-corrected chi connectivity index (χ4v) is 4.40. The van der Waals surface area contributed by atoms with Crippen LogP contribution in [0.5, 0.6) is 17.2 Å². The quantitative estimate of drug-likeness (QED) is 0.257. The molecule has 1 atom stereocenters. The molecule has 0 saturated carbocycles. The highest BCUT2D eigenvalue weighted by molar-refractivity contribution is 5.95. The maximum atomic E-state index is 13.9. The van der Waals surface area contributed by atoms with Crippen LogP contribution in [0.25, 0.3) is 5.76 Å². The molecule has 1 heterocycles. The van der Waals surface area contributed by atoms with Gasteiger partial charge in [-0.1, -0.05) is 42.5 Å². The molecule has 5 heteroatoms. The minimum Gasteiger partial charge on any atom is -0.494 e. The number of benzene rings is 4. The van der Waals surface area contributed by atoms with Crippen LogP contribution < -0.4 is 14.2 Å². The Morgan fingerprint density at radius 2 is 1.61 bits per heavy atom. The van der Waals surface area contributed by atoms with Crippen molar-refractivity contribution in [2.45, 2.75) is 12.8 Å². The largest absolute Gasteiger partial charge is 0.494 e. The Labute approximate surface area is 210 Å². The molecule has 5 rings (SSSR count). The van der Waals surface area contributed by atoms with Gasteiger partial charge in [0.1, 0.15) is 34.5 Å². The maximum Gasteiger partial charge on any atom is 0.144 e. The Morgan fingerprint density at radius 1 is 0.889 bits per heavy atom. The molecule has 1 aliphatic rings. The number of rotatable bonds is 7. The number of ether oxygens (including phenoxy) is 3. The van der Waals surface area contributed by atoms with E-state index in [1.165, 1.54) is 12.1 Å². The van der Waals surface area contributed by atoms with Gasteiger partial charge in [-0.2, -0.15) is 0 Å². The predicted molar refractivity (Wildman–Crippen MR) is 141 cm³/mol. The molecular formula is C31H26FNO3. The smallest absolute Gasteiger partial charge is 0.144 e. The number of halogens is 1. The summed E-state index contributed by atoms with van der Waals surface area (Å²) in [6, 6.07) is 29.9. The molecular weight excluding hydrogens is 453 g/mol. The van der Waals surface area contributed by atoms with Gasteiger partial charge in [0.15, 0.2) is 0 Å². The number of hydrogen-bond acceptors (Lipinski definition) is 4. The number of aliphatic imine (C=N–C) groups is 1. The number of fused-ring (bicyclic) bond motifs is 1. The first-order valence-corrected chi connectivity index (χ1v) is 11.8. The molecule has 0 N–H and O–H groups in total. The summed E-state index contributed by atoms with van der Waals surface area (Å²) in [6.07, 6.45) is 1.83. The van der Waals surface area contributed by atoms with E-state index in [0.717, 1.165) is 33.8 Å². The van der Waals surface area contributed by atoms with Crippen molar-refractivity contribution in [1.29, 1.82) is 0 Å². The molecule has 4 aromatic carbocycles. The van der Waals surface area contributed by atoms with E-state index in [9.17, 15) is 4.39 Å². The minimum absolute atomic E-state index is 0.212. The number of allylic oxidation sites excluding steroid dienone is 1. The van der Waals surface area contributed by atoms with Gasteiger partial charge in [-0.3, -0.25) is 4.99 Å². The average molecular weight is 480 g/mol. The van der Waals surface area contributed by atoms with E-state index in [0.29, 0.717) is 23.8 Å². The molecule has 0 amide bonds. The molecule has 1 aliphatic heterocycles. The fourth-order valence-electron chi connectivity index (χ4n) is 4.40. The van der Waals surface area contributed by atoms with Gasteiger partial charge in [-0.15, -0.1) is 0 Å². The average Bonchev–Trinajstić information content (AvgIpc) is 2.92. The van der Waals surface area contributed by atoms with E-state index in [1.807, 2.05) is 98.1 Å². The van der Waals surface area contributed by atoms with Gasteiger partial charge in [0, 0.05) is 28.8 Å². The molecule has 0 spiro atoms. The van der Waals surface area contributed by atoms with Gasteiger partial charge in [0.05, 0.1) is 13.7 Å². The Morgan fingerprint density at radius 3 is 2.36 bits per heavy atom. The number of nitrogens with zero attached hydrogens (tertiary/aromatic N) is 1. The lowest BCUT2D eigenvalue weighted by Gasteiger charge is -2.30. The summed E-state index contributed by atoms with van der Waals surface area (Å²) in [5.41, 5.74) is 4.38. The highest BCUT2D eigenvalue weighted by atomic mass is 19.1. The highest BCUT2D eigenvalue weighted by Gasteiger charge is 2.31. The topological polar surface area (TPSA) is 40.0 Å². The molecule has 36 heavy (non-hydrogen) atoms. The van der Waals surface area contributed by atoms with Crippen molar-refractivity contribution in [1.82, 2.24) is 0 Å². The van der Waals surface area contributed by atoms with E-state index >= 15 is 0 Å². The summed E-state index contributed by atoms with van der Waals surface area (Å²) in [7, 11) is 1.63. The second-order valence-electron chi connectivity index (χ2n) is 8.30. The summed E-state index contributed by atoms with van der Waals surface area (Å²) in [4.78, 5) is 4.80. The van der Waals surface area contributed by atoms with Gasteiger partial charge in [-0.25, -0.2) is 4.39 Å². The predicted octanol–water partition coefficient (Wildman–Crippen LogP) is 7.57. The summed E-state index contributed by atoms with van der Waals surface area (Å²) in [5.74, 6) is 2.41. The van der Waals surface area contributed by atoms with Crippen molar-refractivity contribution >= 4 is 17.7 Å². The molecule has 0 aliphatic carbocycles. The van der Waals surface area contributed by atoms with E-state index in [2.05, 4.69) is 0 Å². The Balaban J connectivity index is 1.71. The van der Waals surface area contributed by atoms with Crippen LogP contribution in [-0.4, -0.2) is 19.9 Å². The van der Waals surface area contributed by atoms with Crippen molar-refractivity contribution in [3.63, 3.8) is 0 Å².